The SMILES string of the molecule is CC(N)C(=O)N1CCC(C(C)NC(=O)c2cc3cc(Cl)ccc3[nH]2)CC1. The second-order valence-electron chi connectivity index (χ2n) is 7.13. The number of nitrogens with zero attached hydrogens (tertiary/aromatic N) is 1. The molecule has 6 nitrogen and oxygen atoms in total. The zero-order valence-corrected chi connectivity index (χ0v) is 15.8. The maximum Gasteiger partial charge on any atom is 0.267 e. The Labute approximate surface area is 158 Å². The van der Waals surface area contributed by atoms with Gasteiger partial charge in [-0.15, -0.1) is 0 Å². The van der Waals surface area contributed by atoms with Crippen molar-refractivity contribution in [3.05, 3.63) is 35.0 Å². The van der Waals surface area contributed by atoms with E-state index in [1.807, 2.05) is 30.0 Å². The topological polar surface area (TPSA) is 91.2 Å². The Balaban J connectivity index is 1.58. The van der Waals surface area contributed by atoms with Crippen LogP contribution in [0.2, 0.25) is 5.02 Å². The molecule has 1 fully saturated rings. The van der Waals surface area contributed by atoms with Crippen LogP contribution < -0.4 is 11.1 Å². The molecule has 2 aromatic rings. The molecule has 0 spiro atoms. The molecule has 2 unspecified atom stereocenters. The fourth-order valence-corrected chi connectivity index (χ4v) is 3.72. The average molecular weight is 377 g/mol. The molecule has 4 N–H and O–H groups in total. The van der Waals surface area contributed by atoms with E-state index in [2.05, 4.69) is 10.3 Å². The fourth-order valence-electron chi connectivity index (χ4n) is 3.54. The van der Waals surface area contributed by atoms with E-state index in [0.29, 0.717) is 29.7 Å². The minimum atomic E-state index is -0.459. The van der Waals surface area contributed by atoms with Gasteiger partial charge in [-0.05, 0) is 56.9 Å². The number of carbonyl (C=O) groups is 2. The van der Waals surface area contributed by atoms with Crippen molar-refractivity contribution in [1.29, 1.82) is 0 Å². The summed E-state index contributed by atoms with van der Waals surface area (Å²) in [7, 11) is 0. The molecule has 2 amide bonds. The van der Waals surface area contributed by atoms with Crippen LogP contribution in [0.15, 0.2) is 24.3 Å². The smallest absolute Gasteiger partial charge is 0.267 e. The van der Waals surface area contributed by atoms with E-state index in [1.165, 1.54) is 0 Å². The predicted molar refractivity (Wildman–Crippen MR) is 103 cm³/mol. The zero-order chi connectivity index (χ0) is 18.8. The van der Waals surface area contributed by atoms with Gasteiger partial charge in [-0.25, -0.2) is 0 Å². The van der Waals surface area contributed by atoms with Crippen LogP contribution in [0.3, 0.4) is 0 Å². The number of H-pyrrole nitrogens is 1. The maximum absolute atomic E-state index is 12.6. The van der Waals surface area contributed by atoms with Gasteiger partial charge in [-0.2, -0.15) is 0 Å². The van der Waals surface area contributed by atoms with E-state index in [-0.39, 0.29) is 17.9 Å². The summed E-state index contributed by atoms with van der Waals surface area (Å²) >= 11 is 6.00. The normalized spacial score (nSPS) is 17.9. The molecule has 0 aliphatic carbocycles. The third kappa shape index (κ3) is 4.02. The molecule has 2 heterocycles. The number of nitrogens with one attached hydrogen (secondary N) is 2. The summed E-state index contributed by atoms with van der Waals surface area (Å²) in [5.74, 6) is 0.214. The number of likely N-dealkylation sites (tertiary alicyclic amines) is 1. The highest BCUT2D eigenvalue weighted by Crippen LogP contribution is 2.23. The Hall–Kier alpha value is -2.05. The Morgan fingerprint density at radius 1 is 1.27 bits per heavy atom. The fraction of sp³-hybridized carbons (Fsp3) is 0.474. The first-order chi connectivity index (χ1) is 12.3. The van der Waals surface area contributed by atoms with Gasteiger partial charge in [-0.1, -0.05) is 11.6 Å². The summed E-state index contributed by atoms with van der Waals surface area (Å²) in [6, 6.07) is 6.88. The van der Waals surface area contributed by atoms with Crippen molar-refractivity contribution in [3.63, 3.8) is 0 Å². The van der Waals surface area contributed by atoms with Crippen molar-refractivity contribution in [1.82, 2.24) is 15.2 Å². The Morgan fingerprint density at radius 3 is 2.62 bits per heavy atom. The number of fused-ring (bicyclic) bond motifs is 1. The lowest BCUT2D eigenvalue weighted by Gasteiger charge is -2.35. The van der Waals surface area contributed by atoms with Crippen LogP contribution in [0.25, 0.3) is 10.9 Å². The van der Waals surface area contributed by atoms with Crippen LogP contribution in [0.4, 0.5) is 0 Å². The summed E-state index contributed by atoms with van der Waals surface area (Å²) in [5, 5.41) is 4.64. The van der Waals surface area contributed by atoms with Crippen molar-refractivity contribution in [2.45, 2.75) is 38.8 Å². The number of halogens is 1. The number of benzene rings is 1. The van der Waals surface area contributed by atoms with Crippen molar-refractivity contribution in [2.24, 2.45) is 11.7 Å². The van der Waals surface area contributed by atoms with Crippen molar-refractivity contribution in [2.75, 3.05) is 13.1 Å². The maximum atomic E-state index is 12.6. The van der Waals surface area contributed by atoms with Gasteiger partial charge in [0, 0.05) is 35.1 Å². The number of piperidine rings is 1. The van der Waals surface area contributed by atoms with Gasteiger partial charge in [0.25, 0.3) is 5.91 Å². The Morgan fingerprint density at radius 2 is 1.96 bits per heavy atom. The largest absolute Gasteiger partial charge is 0.351 e. The molecule has 3 rings (SSSR count). The molecular weight excluding hydrogens is 352 g/mol. The molecule has 2 atom stereocenters. The van der Waals surface area contributed by atoms with Gasteiger partial charge in [-0.3, -0.25) is 9.59 Å². The molecule has 0 bridgehead atoms. The molecule has 1 aromatic heterocycles. The third-order valence-electron chi connectivity index (χ3n) is 5.13. The molecule has 1 aliphatic heterocycles. The van der Waals surface area contributed by atoms with Crippen LogP contribution in [0.1, 0.15) is 37.2 Å². The van der Waals surface area contributed by atoms with E-state index < -0.39 is 6.04 Å². The third-order valence-corrected chi connectivity index (χ3v) is 5.37. The minimum absolute atomic E-state index is 0.00289. The van der Waals surface area contributed by atoms with E-state index in [0.717, 1.165) is 23.7 Å². The first kappa shape index (κ1) is 18.7. The van der Waals surface area contributed by atoms with Gasteiger partial charge in [0.15, 0.2) is 0 Å². The van der Waals surface area contributed by atoms with Crippen LogP contribution in [0.5, 0.6) is 0 Å². The van der Waals surface area contributed by atoms with E-state index in [9.17, 15) is 9.59 Å². The van der Waals surface area contributed by atoms with Gasteiger partial charge in [0.05, 0.1) is 6.04 Å². The number of aromatic amines is 1. The van der Waals surface area contributed by atoms with Crippen LogP contribution in [-0.4, -0.2) is 46.9 Å². The van der Waals surface area contributed by atoms with Gasteiger partial charge < -0.3 is 20.9 Å². The van der Waals surface area contributed by atoms with Crippen LogP contribution in [-0.2, 0) is 4.79 Å². The van der Waals surface area contributed by atoms with E-state index in [4.69, 9.17) is 17.3 Å². The Kier molecular flexibility index (Phi) is 5.53. The Bertz CT molecular complexity index is 809. The van der Waals surface area contributed by atoms with Crippen molar-refractivity contribution in [3.8, 4) is 0 Å². The molecule has 1 saturated heterocycles. The zero-order valence-electron chi connectivity index (χ0n) is 15.1. The molecule has 0 radical (unpaired) electrons. The first-order valence-corrected chi connectivity index (χ1v) is 9.36. The number of carbonyl (C=O) groups excluding carboxylic acids is 2. The lowest BCUT2D eigenvalue weighted by Crippen LogP contribution is -2.49. The highest BCUT2D eigenvalue weighted by atomic mass is 35.5. The molecule has 26 heavy (non-hydrogen) atoms. The minimum Gasteiger partial charge on any atom is -0.351 e. The lowest BCUT2D eigenvalue weighted by molar-refractivity contribution is -0.133. The molecule has 140 valence electrons. The summed E-state index contributed by atoms with van der Waals surface area (Å²) in [4.78, 5) is 29.5. The molecule has 0 saturated carbocycles. The van der Waals surface area contributed by atoms with Gasteiger partial charge in [0.1, 0.15) is 5.69 Å². The number of aromatic nitrogens is 1. The summed E-state index contributed by atoms with van der Waals surface area (Å²) < 4.78 is 0. The van der Waals surface area contributed by atoms with Crippen molar-refractivity contribution >= 4 is 34.3 Å². The number of hydrogen-bond donors (Lipinski definition) is 3. The van der Waals surface area contributed by atoms with E-state index >= 15 is 0 Å². The summed E-state index contributed by atoms with van der Waals surface area (Å²) in [6.45, 7) is 5.11. The molecule has 1 aliphatic rings. The quantitative estimate of drug-likeness (QED) is 0.765. The van der Waals surface area contributed by atoms with Gasteiger partial charge in [0.2, 0.25) is 5.91 Å². The number of nitrogens with two attached hydrogens (primary N) is 1. The molecular formula is C19H25ClN4O2. The highest BCUT2D eigenvalue weighted by molar-refractivity contribution is 6.31. The highest BCUT2D eigenvalue weighted by Gasteiger charge is 2.28. The second kappa shape index (κ2) is 7.68. The monoisotopic (exact) mass is 376 g/mol. The molecule has 1 aromatic carbocycles. The van der Waals surface area contributed by atoms with Gasteiger partial charge >= 0.3 is 0 Å². The van der Waals surface area contributed by atoms with Crippen molar-refractivity contribution < 1.29 is 9.59 Å². The summed E-state index contributed by atoms with van der Waals surface area (Å²) in [5.41, 5.74) is 7.08. The number of rotatable bonds is 4. The summed E-state index contributed by atoms with van der Waals surface area (Å²) in [6.07, 6.45) is 1.73. The van der Waals surface area contributed by atoms with Crippen LogP contribution in [0, 0.1) is 5.92 Å². The van der Waals surface area contributed by atoms with E-state index in [1.54, 1.807) is 13.0 Å². The van der Waals surface area contributed by atoms with Crippen LogP contribution >= 0.6 is 11.6 Å². The first-order valence-electron chi connectivity index (χ1n) is 8.98. The lowest BCUT2D eigenvalue weighted by atomic mass is 9.90. The number of hydrogen-bond acceptors (Lipinski definition) is 3. The standard InChI is InChI=1S/C19H25ClN4O2/c1-11(21)19(26)24-7-5-13(6-8-24)12(2)22-18(25)17-10-14-9-15(20)3-4-16(14)23-17/h3-4,9-13,23H,5-8,21H2,1-2H3,(H,22,25). The predicted octanol–water partition coefficient (Wildman–Crippen LogP) is 2.53. The second-order valence-corrected chi connectivity index (χ2v) is 7.56. The average Bonchev–Trinajstić information content (AvgIpc) is 3.04. The molecule has 7 heteroatoms. The number of amides is 2.